The van der Waals surface area contributed by atoms with Gasteiger partial charge in [-0.05, 0) is 12.3 Å². The molecule has 1 atom stereocenters. The minimum Gasteiger partial charge on any atom is -0.0622 e. The molecule has 0 saturated carbocycles. The van der Waals surface area contributed by atoms with E-state index in [1.807, 2.05) is 6.92 Å². The zero-order chi connectivity index (χ0) is 4.28. The topological polar surface area (TPSA) is 0 Å². The van der Waals surface area contributed by atoms with E-state index in [0.29, 0.717) is 5.92 Å². The van der Waals surface area contributed by atoms with Gasteiger partial charge >= 0.3 is 0 Å². The Hall–Kier alpha value is 0. The normalized spacial score (nSPS) is 9.60. The summed E-state index contributed by atoms with van der Waals surface area (Å²) in [5, 5.41) is 0. The van der Waals surface area contributed by atoms with Crippen LogP contribution in [0.25, 0.3) is 0 Å². The molecule has 0 aliphatic carbocycles. The van der Waals surface area contributed by atoms with E-state index in [2.05, 4.69) is 20.3 Å². The fourth-order valence-corrected chi connectivity index (χ4v) is 0. The van der Waals surface area contributed by atoms with Gasteiger partial charge in [-0.1, -0.05) is 20.8 Å². The fraction of sp³-hybridized carbons (Fsp3) is 0.600. The number of rotatable bonds is 1. The molecule has 30 valence electrons. The van der Waals surface area contributed by atoms with Crippen LogP contribution in [0.2, 0.25) is 0 Å². The molecule has 0 saturated heterocycles. The van der Waals surface area contributed by atoms with E-state index in [-0.39, 0.29) is 0 Å². The molecular weight excluding hydrogens is 60.1 g/mol. The van der Waals surface area contributed by atoms with Crippen LogP contribution >= 0.6 is 0 Å². The number of hydrogen-bond donors (Lipinski definition) is 0. The summed E-state index contributed by atoms with van der Waals surface area (Å²) in [6.07, 6.45) is 2.06. The fourth-order valence-electron chi connectivity index (χ4n) is 0. The highest BCUT2D eigenvalue weighted by molar-refractivity contribution is 4.66. The summed E-state index contributed by atoms with van der Waals surface area (Å²) in [4.78, 5) is 0. The Balaban J connectivity index is 2.54. The molecule has 0 aliphatic heterocycles. The van der Waals surface area contributed by atoms with Crippen molar-refractivity contribution in [3.8, 4) is 0 Å². The quantitative estimate of drug-likeness (QED) is 0.440. The molecule has 0 rings (SSSR count). The monoisotopic (exact) mass is 70.1 g/mol. The maximum absolute atomic E-state index is 3.70. The smallest absolute Gasteiger partial charge is 0.0389 e. The molecular formula is C5H10. The molecule has 2 radical (unpaired) electrons. The van der Waals surface area contributed by atoms with Crippen LogP contribution in [0.5, 0.6) is 0 Å². The molecule has 0 heterocycles. The predicted octanol–water partition coefficient (Wildman–Crippen LogP) is 1.68. The zero-order valence-electron chi connectivity index (χ0n) is 3.86. The van der Waals surface area contributed by atoms with E-state index in [4.69, 9.17) is 0 Å². The van der Waals surface area contributed by atoms with Crippen molar-refractivity contribution in [2.75, 3.05) is 0 Å². The first-order valence-corrected chi connectivity index (χ1v) is 1.90. The molecule has 0 amide bonds. The highest BCUT2D eigenvalue weighted by Crippen LogP contribution is 1.91. The van der Waals surface area contributed by atoms with E-state index < -0.39 is 0 Å². The van der Waals surface area contributed by atoms with Crippen molar-refractivity contribution in [2.45, 2.75) is 13.8 Å². The Bertz CT molecular complexity index is 14.0. The molecule has 0 heteroatoms. The summed E-state index contributed by atoms with van der Waals surface area (Å²) in [7, 11) is 0. The third kappa shape index (κ3) is 4.00. The van der Waals surface area contributed by atoms with Crippen LogP contribution < -0.4 is 0 Å². The third-order valence-corrected chi connectivity index (χ3v) is 0.569. The molecule has 0 bridgehead atoms. The molecule has 0 aromatic rings. The minimum absolute atomic E-state index is 0.509. The van der Waals surface area contributed by atoms with Crippen LogP contribution in [0.15, 0.2) is 0 Å². The van der Waals surface area contributed by atoms with Crippen molar-refractivity contribution in [1.82, 2.24) is 0 Å². The predicted molar refractivity (Wildman–Crippen MR) is 24.5 cm³/mol. The second kappa shape index (κ2) is 2.25. The zero-order valence-corrected chi connectivity index (χ0v) is 3.86. The lowest BCUT2D eigenvalue weighted by atomic mass is 10.2. The summed E-state index contributed by atoms with van der Waals surface area (Å²) in [6.45, 7) is 7.77. The maximum Gasteiger partial charge on any atom is -0.0389 e. The van der Waals surface area contributed by atoms with Gasteiger partial charge in [0.1, 0.15) is 0 Å². The largest absolute Gasteiger partial charge is 0.0622 e. The molecule has 0 aromatic carbocycles. The van der Waals surface area contributed by atoms with E-state index in [1.165, 1.54) is 0 Å². The molecule has 1 unspecified atom stereocenters. The van der Waals surface area contributed by atoms with Gasteiger partial charge in [0.25, 0.3) is 0 Å². The van der Waals surface area contributed by atoms with Crippen molar-refractivity contribution >= 4 is 0 Å². The second-order valence-electron chi connectivity index (χ2n) is 1.31. The lowest BCUT2D eigenvalue weighted by Crippen LogP contribution is -1.79. The van der Waals surface area contributed by atoms with E-state index in [0.717, 1.165) is 0 Å². The van der Waals surface area contributed by atoms with Gasteiger partial charge in [0.2, 0.25) is 0 Å². The minimum atomic E-state index is 0.509. The van der Waals surface area contributed by atoms with Gasteiger partial charge in [0, 0.05) is 0 Å². The van der Waals surface area contributed by atoms with E-state index in [1.54, 1.807) is 0 Å². The van der Waals surface area contributed by atoms with E-state index >= 15 is 0 Å². The van der Waals surface area contributed by atoms with Crippen LogP contribution in [0.1, 0.15) is 13.8 Å². The van der Waals surface area contributed by atoms with Gasteiger partial charge < -0.3 is 0 Å². The average molecular weight is 70.1 g/mol. The van der Waals surface area contributed by atoms with Gasteiger partial charge in [-0.15, -0.1) is 0 Å². The van der Waals surface area contributed by atoms with Crippen molar-refractivity contribution < 1.29 is 0 Å². The van der Waals surface area contributed by atoms with Gasteiger partial charge in [-0.25, -0.2) is 0 Å². The van der Waals surface area contributed by atoms with Crippen LogP contribution in [-0.4, -0.2) is 0 Å². The summed E-state index contributed by atoms with van der Waals surface area (Å²) in [6, 6.07) is 0. The van der Waals surface area contributed by atoms with Crippen molar-refractivity contribution in [3.63, 3.8) is 0 Å². The molecule has 0 fully saturated rings. The van der Waals surface area contributed by atoms with Crippen molar-refractivity contribution in [3.05, 3.63) is 13.3 Å². The highest BCUT2D eigenvalue weighted by Gasteiger charge is 1.80. The first kappa shape index (κ1) is 5.00. The molecule has 0 aromatic heterocycles. The standard InChI is InChI=1S/C5H10/c1-4-5(2)3/h4-5H,2H2,1,3H3. The molecule has 0 nitrogen and oxygen atoms in total. The first-order valence-electron chi connectivity index (χ1n) is 1.90. The highest BCUT2D eigenvalue weighted by atomic mass is 13.9. The SMILES string of the molecule is [CH2]C(C)[CH]C. The first-order chi connectivity index (χ1) is 2.27. The maximum atomic E-state index is 3.70. The van der Waals surface area contributed by atoms with Gasteiger partial charge in [-0.3, -0.25) is 0 Å². The summed E-state index contributed by atoms with van der Waals surface area (Å²) in [5.74, 6) is 0.509. The van der Waals surface area contributed by atoms with Crippen molar-refractivity contribution in [2.24, 2.45) is 5.92 Å². The summed E-state index contributed by atoms with van der Waals surface area (Å²) in [5.41, 5.74) is 0. The Kier molecular flexibility index (Phi) is 2.25. The lowest BCUT2D eigenvalue weighted by molar-refractivity contribution is 0.851. The van der Waals surface area contributed by atoms with Crippen LogP contribution in [0, 0.1) is 19.3 Å². The Morgan fingerprint density at radius 2 is 2.00 bits per heavy atom. The van der Waals surface area contributed by atoms with E-state index in [9.17, 15) is 0 Å². The van der Waals surface area contributed by atoms with Gasteiger partial charge in [-0.2, -0.15) is 0 Å². The summed E-state index contributed by atoms with van der Waals surface area (Å²) < 4.78 is 0. The van der Waals surface area contributed by atoms with Crippen molar-refractivity contribution in [1.29, 1.82) is 0 Å². The number of hydrogen-bond acceptors (Lipinski definition) is 0. The average Bonchev–Trinajstić information content (AvgIpc) is 1.38. The van der Waals surface area contributed by atoms with Gasteiger partial charge in [0.05, 0.1) is 0 Å². The summed E-state index contributed by atoms with van der Waals surface area (Å²) >= 11 is 0. The Morgan fingerprint density at radius 3 is 2.00 bits per heavy atom. The molecule has 0 spiro atoms. The molecule has 0 aliphatic rings. The van der Waals surface area contributed by atoms with Crippen LogP contribution in [0.4, 0.5) is 0 Å². The van der Waals surface area contributed by atoms with Gasteiger partial charge in [0.15, 0.2) is 0 Å². The lowest BCUT2D eigenvalue weighted by Gasteiger charge is -1.89. The van der Waals surface area contributed by atoms with Crippen LogP contribution in [-0.2, 0) is 0 Å². The second-order valence-corrected chi connectivity index (χ2v) is 1.31. The Morgan fingerprint density at radius 1 is 1.80 bits per heavy atom. The third-order valence-electron chi connectivity index (χ3n) is 0.569. The Labute approximate surface area is 34.2 Å². The molecule has 0 N–H and O–H groups in total. The van der Waals surface area contributed by atoms with Crippen LogP contribution in [0.3, 0.4) is 0 Å². The molecule has 5 heavy (non-hydrogen) atoms.